The number of amides is 2. The Kier molecular flexibility index (Phi) is 9.39. The largest absolute Gasteiger partial charge is 0.457 e. The zero-order valence-electron chi connectivity index (χ0n) is 21.1. The first kappa shape index (κ1) is 27.1. The van der Waals surface area contributed by atoms with Gasteiger partial charge in [0.1, 0.15) is 19.0 Å². The summed E-state index contributed by atoms with van der Waals surface area (Å²) in [5, 5.41) is 5.36. The number of urea groups is 1. The molecule has 0 aliphatic rings. The lowest BCUT2D eigenvalue weighted by Gasteiger charge is -2.12. The van der Waals surface area contributed by atoms with Crippen LogP contribution in [0.1, 0.15) is 37.4 Å². The van der Waals surface area contributed by atoms with Crippen molar-refractivity contribution in [1.29, 1.82) is 0 Å². The molecule has 0 saturated heterocycles. The van der Waals surface area contributed by atoms with Crippen LogP contribution in [0.15, 0.2) is 103 Å². The summed E-state index contributed by atoms with van der Waals surface area (Å²) >= 11 is 0. The summed E-state index contributed by atoms with van der Waals surface area (Å²) in [4.78, 5) is 38.2. The zero-order chi connectivity index (χ0) is 27.5. The average Bonchev–Trinajstić information content (AvgIpc) is 2.96. The van der Waals surface area contributed by atoms with Gasteiger partial charge < -0.3 is 20.1 Å². The molecule has 0 unspecified atom stereocenters. The third kappa shape index (κ3) is 8.53. The van der Waals surface area contributed by atoms with Crippen LogP contribution in [0.5, 0.6) is 0 Å². The molecule has 7 nitrogen and oxygen atoms in total. The first-order valence-electron chi connectivity index (χ1n) is 12.3. The molecular weight excluding hydrogens is 499 g/mol. The second-order valence-corrected chi connectivity index (χ2v) is 8.68. The van der Waals surface area contributed by atoms with Crippen molar-refractivity contribution in [2.24, 2.45) is 0 Å². The van der Waals surface area contributed by atoms with E-state index >= 15 is 0 Å². The van der Waals surface area contributed by atoms with Crippen molar-refractivity contribution in [2.45, 2.75) is 19.6 Å². The van der Waals surface area contributed by atoms with E-state index in [2.05, 4.69) is 10.6 Å². The van der Waals surface area contributed by atoms with Gasteiger partial charge >= 0.3 is 18.0 Å². The van der Waals surface area contributed by atoms with Crippen molar-refractivity contribution in [3.05, 3.63) is 137 Å². The molecular formula is C31H27FN2O5. The van der Waals surface area contributed by atoms with Gasteiger partial charge in [-0.2, -0.15) is 0 Å². The Balaban J connectivity index is 1.44. The number of benzene rings is 4. The van der Waals surface area contributed by atoms with Gasteiger partial charge in [0.2, 0.25) is 0 Å². The molecule has 4 aromatic carbocycles. The Morgan fingerprint density at radius 1 is 0.641 bits per heavy atom. The van der Waals surface area contributed by atoms with Crippen LogP contribution in [-0.2, 0) is 29.1 Å². The molecule has 0 bridgehead atoms. The SMILES string of the molecule is O=C(NCCc1ccc(F)cc1)Nc1cc(C(=O)OCc2ccccc2)cc(C(=O)OCc2ccccc2)c1. The Hall–Kier alpha value is -4.98. The fourth-order valence-electron chi connectivity index (χ4n) is 3.70. The molecule has 0 heterocycles. The number of anilines is 1. The third-order valence-corrected chi connectivity index (χ3v) is 5.70. The predicted molar refractivity (Wildman–Crippen MR) is 145 cm³/mol. The topological polar surface area (TPSA) is 93.7 Å². The van der Waals surface area contributed by atoms with Crippen molar-refractivity contribution >= 4 is 23.7 Å². The Labute approximate surface area is 225 Å². The predicted octanol–water partition coefficient (Wildman–Crippen LogP) is 5.90. The lowest BCUT2D eigenvalue weighted by molar-refractivity contribution is 0.0470. The van der Waals surface area contributed by atoms with Gasteiger partial charge in [-0.25, -0.2) is 18.8 Å². The first-order valence-corrected chi connectivity index (χ1v) is 12.3. The monoisotopic (exact) mass is 526 g/mol. The molecule has 0 aliphatic carbocycles. The van der Waals surface area contributed by atoms with Crippen molar-refractivity contribution in [3.63, 3.8) is 0 Å². The zero-order valence-corrected chi connectivity index (χ0v) is 21.1. The van der Waals surface area contributed by atoms with Gasteiger partial charge in [0.15, 0.2) is 0 Å². The number of ether oxygens (including phenoxy) is 2. The number of nitrogens with one attached hydrogen (secondary N) is 2. The van der Waals surface area contributed by atoms with Gasteiger partial charge in [0.25, 0.3) is 0 Å². The number of carbonyl (C=O) groups is 3. The van der Waals surface area contributed by atoms with Crippen LogP contribution in [0.25, 0.3) is 0 Å². The molecule has 4 aromatic rings. The molecule has 2 amide bonds. The third-order valence-electron chi connectivity index (χ3n) is 5.70. The van der Waals surface area contributed by atoms with Crippen molar-refractivity contribution < 1.29 is 28.2 Å². The highest BCUT2D eigenvalue weighted by Gasteiger charge is 2.17. The van der Waals surface area contributed by atoms with Gasteiger partial charge in [-0.05, 0) is 53.4 Å². The van der Waals surface area contributed by atoms with E-state index in [0.717, 1.165) is 16.7 Å². The Morgan fingerprint density at radius 2 is 1.15 bits per heavy atom. The molecule has 39 heavy (non-hydrogen) atoms. The second-order valence-electron chi connectivity index (χ2n) is 8.68. The molecule has 0 aliphatic heterocycles. The minimum absolute atomic E-state index is 0.0506. The highest BCUT2D eigenvalue weighted by Crippen LogP contribution is 2.19. The van der Waals surface area contributed by atoms with E-state index in [1.807, 2.05) is 60.7 Å². The summed E-state index contributed by atoms with van der Waals surface area (Å²) in [7, 11) is 0. The number of hydrogen-bond donors (Lipinski definition) is 2. The van der Waals surface area contributed by atoms with Crippen LogP contribution < -0.4 is 10.6 Å². The van der Waals surface area contributed by atoms with Gasteiger partial charge in [-0.3, -0.25) is 0 Å². The number of esters is 2. The normalized spacial score (nSPS) is 10.4. The summed E-state index contributed by atoms with van der Waals surface area (Å²) in [5.74, 6) is -1.64. The fraction of sp³-hybridized carbons (Fsp3) is 0.129. The van der Waals surface area contributed by atoms with Crippen LogP contribution in [0.4, 0.5) is 14.9 Å². The van der Waals surface area contributed by atoms with Crippen LogP contribution >= 0.6 is 0 Å². The molecule has 0 spiro atoms. The van der Waals surface area contributed by atoms with E-state index < -0.39 is 18.0 Å². The number of halogens is 1. The lowest BCUT2D eigenvalue weighted by Crippen LogP contribution is -2.30. The maximum atomic E-state index is 13.1. The maximum Gasteiger partial charge on any atom is 0.338 e. The minimum Gasteiger partial charge on any atom is -0.457 e. The summed E-state index contributed by atoms with van der Waals surface area (Å²) in [6.07, 6.45) is 0.497. The van der Waals surface area contributed by atoms with Crippen molar-refractivity contribution in [3.8, 4) is 0 Å². The summed E-state index contributed by atoms with van der Waals surface area (Å²) in [6, 6.07) is 28.1. The highest BCUT2D eigenvalue weighted by molar-refractivity contribution is 5.99. The molecule has 0 radical (unpaired) electrons. The molecule has 0 saturated carbocycles. The molecule has 0 fully saturated rings. The number of hydrogen-bond acceptors (Lipinski definition) is 5. The van der Waals surface area contributed by atoms with E-state index in [4.69, 9.17) is 9.47 Å². The fourth-order valence-corrected chi connectivity index (χ4v) is 3.70. The number of rotatable bonds is 10. The van der Waals surface area contributed by atoms with Crippen LogP contribution in [0, 0.1) is 5.82 Å². The molecule has 4 rings (SSSR count). The summed E-state index contributed by atoms with van der Waals surface area (Å²) < 4.78 is 23.9. The van der Waals surface area contributed by atoms with Crippen molar-refractivity contribution in [1.82, 2.24) is 5.32 Å². The standard InChI is InChI=1S/C31H27FN2O5/c32-27-13-11-22(12-14-27)15-16-33-31(37)34-28-18-25(29(35)38-20-23-7-3-1-4-8-23)17-26(19-28)30(36)39-21-24-9-5-2-6-10-24/h1-14,17-19H,15-16,20-21H2,(H2,33,34,37). The molecule has 8 heteroatoms. The smallest absolute Gasteiger partial charge is 0.338 e. The molecule has 198 valence electrons. The number of carbonyl (C=O) groups excluding carboxylic acids is 3. The highest BCUT2D eigenvalue weighted by atomic mass is 19.1. The van der Waals surface area contributed by atoms with Crippen LogP contribution in [-0.4, -0.2) is 24.5 Å². The Bertz CT molecular complexity index is 1340. The van der Waals surface area contributed by atoms with Gasteiger partial charge in [0.05, 0.1) is 11.1 Å². The van der Waals surface area contributed by atoms with Crippen LogP contribution in [0.3, 0.4) is 0 Å². The molecule has 0 aromatic heterocycles. The lowest BCUT2D eigenvalue weighted by atomic mass is 10.1. The summed E-state index contributed by atoms with van der Waals surface area (Å²) in [5.41, 5.74) is 2.87. The quantitative estimate of drug-likeness (QED) is 0.251. The van der Waals surface area contributed by atoms with Gasteiger partial charge in [-0.1, -0.05) is 72.8 Å². The van der Waals surface area contributed by atoms with E-state index in [-0.39, 0.29) is 35.8 Å². The minimum atomic E-state index is -0.656. The first-order chi connectivity index (χ1) is 19.0. The summed E-state index contributed by atoms with van der Waals surface area (Å²) in [6.45, 7) is 0.395. The van der Waals surface area contributed by atoms with E-state index in [1.54, 1.807) is 12.1 Å². The van der Waals surface area contributed by atoms with Crippen molar-refractivity contribution in [2.75, 3.05) is 11.9 Å². The van der Waals surface area contributed by atoms with Crippen LogP contribution in [0.2, 0.25) is 0 Å². The molecule has 0 atom stereocenters. The Morgan fingerprint density at radius 3 is 1.67 bits per heavy atom. The van der Waals surface area contributed by atoms with Gasteiger partial charge in [-0.15, -0.1) is 0 Å². The second kappa shape index (κ2) is 13.5. The average molecular weight is 527 g/mol. The maximum absolute atomic E-state index is 13.1. The molecule has 2 N–H and O–H groups in total. The van der Waals surface area contributed by atoms with E-state index in [1.165, 1.54) is 30.3 Å². The van der Waals surface area contributed by atoms with E-state index in [9.17, 15) is 18.8 Å². The van der Waals surface area contributed by atoms with Gasteiger partial charge in [0, 0.05) is 12.2 Å². The van der Waals surface area contributed by atoms with E-state index in [0.29, 0.717) is 13.0 Å².